The summed E-state index contributed by atoms with van der Waals surface area (Å²) in [6, 6.07) is 10.6. The Hall–Kier alpha value is -1.96. The Morgan fingerprint density at radius 3 is 2.77 bits per heavy atom. The number of thiophene rings is 1. The fourth-order valence-electron chi connectivity index (χ4n) is 3.50. The summed E-state index contributed by atoms with van der Waals surface area (Å²) < 4.78 is 9.88. The highest BCUT2D eigenvalue weighted by atomic mass is 32.1. The molecule has 1 atom stereocenters. The molecule has 136 valence electrons. The molecule has 0 amide bonds. The van der Waals surface area contributed by atoms with Gasteiger partial charge in [-0.15, -0.1) is 11.3 Å². The van der Waals surface area contributed by atoms with E-state index >= 15 is 0 Å². The molecule has 3 aromatic rings. The Balaban J connectivity index is 1.61. The van der Waals surface area contributed by atoms with Gasteiger partial charge in [-0.25, -0.2) is 4.68 Å². The fourth-order valence-corrected chi connectivity index (χ4v) is 4.65. The van der Waals surface area contributed by atoms with Crippen LogP contribution in [-0.2, 0) is 20.1 Å². The molecule has 0 spiro atoms. The summed E-state index contributed by atoms with van der Waals surface area (Å²) in [7, 11) is 3.64. The third-order valence-corrected chi connectivity index (χ3v) is 6.59. The Bertz CT molecular complexity index is 970. The standard InChI is InChI=1S/C19H22N4OS2/c1-13-16-9-11-26-17(16)8-10-22(13)12-23-19(25)21(2)18(20-23)14-4-6-15(24-3)7-5-14/h4-7,9,11,13H,8,10,12H2,1-3H3/t13-/m1/s1. The van der Waals surface area contributed by atoms with Crippen molar-refractivity contribution in [3.63, 3.8) is 0 Å². The van der Waals surface area contributed by atoms with Gasteiger partial charge in [-0.2, -0.15) is 5.10 Å². The van der Waals surface area contributed by atoms with Crippen LogP contribution in [0, 0.1) is 4.77 Å². The maximum absolute atomic E-state index is 5.65. The summed E-state index contributed by atoms with van der Waals surface area (Å²) in [4.78, 5) is 3.95. The Morgan fingerprint density at radius 1 is 1.27 bits per heavy atom. The zero-order valence-electron chi connectivity index (χ0n) is 15.2. The fraction of sp³-hybridized carbons (Fsp3) is 0.368. The summed E-state index contributed by atoms with van der Waals surface area (Å²) >= 11 is 7.51. The van der Waals surface area contributed by atoms with Gasteiger partial charge in [0.05, 0.1) is 13.8 Å². The molecule has 0 fully saturated rings. The number of ether oxygens (including phenoxy) is 1. The van der Waals surface area contributed by atoms with Crippen LogP contribution in [0.3, 0.4) is 0 Å². The van der Waals surface area contributed by atoms with Crippen LogP contribution in [0.1, 0.15) is 23.4 Å². The van der Waals surface area contributed by atoms with Crippen LogP contribution in [0.2, 0.25) is 0 Å². The average Bonchev–Trinajstić information content (AvgIpc) is 3.25. The van der Waals surface area contributed by atoms with Gasteiger partial charge in [-0.05, 0) is 66.8 Å². The van der Waals surface area contributed by atoms with Crippen molar-refractivity contribution >= 4 is 23.6 Å². The quantitative estimate of drug-likeness (QED) is 0.628. The van der Waals surface area contributed by atoms with Crippen molar-refractivity contribution in [1.82, 2.24) is 19.2 Å². The minimum absolute atomic E-state index is 0.387. The topological polar surface area (TPSA) is 35.2 Å². The summed E-state index contributed by atoms with van der Waals surface area (Å²) in [6.45, 7) is 4.01. The molecule has 26 heavy (non-hydrogen) atoms. The van der Waals surface area contributed by atoms with E-state index < -0.39 is 0 Å². The van der Waals surface area contributed by atoms with Crippen LogP contribution in [0.25, 0.3) is 11.4 Å². The molecule has 1 aromatic carbocycles. The van der Waals surface area contributed by atoms with Gasteiger partial charge in [-0.1, -0.05) is 0 Å². The minimum atomic E-state index is 0.387. The molecule has 0 saturated heterocycles. The number of aromatic nitrogens is 3. The van der Waals surface area contributed by atoms with E-state index in [9.17, 15) is 0 Å². The van der Waals surface area contributed by atoms with Crippen LogP contribution < -0.4 is 4.74 Å². The lowest BCUT2D eigenvalue weighted by Gasteiger charge is -2.33. The van der Waals surface area contributed by atoms with Crippen LogP contribution in [0.5, 0.6) is 5.75 Å². The first-order valence-corrected chi connectivity index (χ1v) is 9.96. The van der Waals surface area contributed by atoms with Crippen molar-refractivity contribution in [1.29, 1.82) is 0 Å². The molecule has 7 heteroatoms. The summed E-state index contributed by atoms with van der Waals surface area (Å²) in [5, 5.41) is 7.00. The van der Waals surface area contributed by atoms with Gasteiger partial charge in [0.25, 0.3) is 0 Å². The summed E-state index contributed by atoms with van der Waals surface area (Å²) in [6.07, 6.45) is 1.10. The Morgan fingerprint density at radius 2 is 2.04 bits per heavy atom. The van der Waals surface area contributed by atoms with Gasteiger partial charge in [0, 0.05) is 30.1 Å². The smallest absolute Gasteiger partial charge is 0.199 e. The van der Waals surface area contributed by atoms with E-state index in [2.05, 4.69) is 23.3 Å². The van der Waals surface area contributed by atoms with Gasteiger partial charge in [0.15, 0.2) is 10.6 Å². The average molecular weight is 387 g/mol. The monoisotopic (exact) mass is 386 g/mol. The first-order valence-electron chi connectivity index (χ1n) is 8.67. The van der Waals surface area contributed by atoms with Crippen LogP contribution in [-0.4, -0.2) is 32.9 Å². The molecule has 0 saturated carbocycles. The third-order valence-electron chi connectivity index (χ3n) is 5.11. The molecule has 3 heterocycles. The van der Waals surface area contributed by atoms with E-state index in [0.29, 0.717) is 12.7 Å². The van der Waals surface area contributed by atoms with Gasteiger partial charge < -0.3 is 9.30 Å². The first kappa shape index (κ1) is 17.5. The largest absolute Gasteiger partial charge is 0.497 e. The van der Waals surface area contributed by atoms with Gasteiger partial charge >= 0.3 is 0 Å². The summed E-state index contributed by atoms with van der Waals surface area (Å²) in [5.41, 5.74) is 2.48. The van der Waals surface area contributed by atoms with Crippen LogP contribution in [0.15, 0.2) is 35.7 Å². The number of methoxy groups -OCH3 is 1. The predicted octanol–water partition coefficient (Wildman–Crippen LogP) is 4.26. The highest BCUT2D eigenvalue weighted by molar-refractivity contribution is 7.71. The van der Waals surface area contributed by atoms with Gasteiger partial charge in [0.2, 0.25) is 0 Å². The molecule has 2 aromatic heterocycles. The molecular formula is C19H22N4OS2. The first-order chi connectivity index (χ1) is 12.6. The lowest BCUT2D eigenvalue weighted by Crippen LogP contribution is -2.35. The number of rotatable bonds is 4. The number of nitrogens with zero attached hydrogens (tertiary/aromatic N) is 4. The number of fused-ring (bicyclic) bond motifs is 1. The molecule has 0 unspecified atom stereocenters. The second-order valence-corrected chi connectivity index (χ2v) is 7.94. The van der Waals surface area contributed by atoms with E-state index in [1.165, 1.54) is 10.4 Å². The number of benzene rings is 1. The molecular weight excluding hydrogens is 364 g/mol. The summed E-state index contributed by atoms with van der Waals surface area (Å²) in [5.74, 6) is 1.71. The SMILES string of the molecule is COc1ccc(-c2nn(CN3CCc4sccc4[C@H]3C)c(=S)n2C)cc1. The second kappa shape index (κ2) is 6.98. The minimum Gasteiger partial charge on any atom is -0.497 e. The molecule has 4 rings (SSSR count). The zero-order chi connectivity index (χ0) is 18.3. The van der Waals surface area contributed by atoms with Crippen molar-refractivity contribution < 1.29 is 4.74 Å². The molecule has 0 N–H and O–H groups in total. The number of hydrogen-bond acceptors (Lipinski definition) is 5. The molecule has 0 radical (unpaired) electrons. The lowest BCUT2D eigenvalue weighted by atomic mass is 10.0. The van der Waals surface area contributed by atoms with Gasteiger partial charge in [-0.3, -0.25) is 4.90 Å². The Kier molecular flexibility index (Phi) is 4.69. The normalized spacial score (nSPS) is 17.3. The van der Waals surface area contributed by atoms with Crippen LogP contribution >= 0.6 is 23.6 Å². The van der Waals surface area contributed by atoms with E-state index in [4.69, 9.17) is 22.1 Å². The lowest BCUT2D eigenvalue weighted by molar-refractivity contribution is 0.144. The van der Waals surface area contributed by atoms with Crippen molar-refractivity contribution in [2.75, 3.05) is 13.7 Å². The Labute approximate surface area is 162 Å². The van der Waals surface area contributed by atoms with Crippen molar-refractivity contribution in [2.24, 2.45) is 7.05 Å². The van der Waals surface area contributed by atoms with Crippen molar-refractivity contribution in [3.05, 3.63) is 50.9 Å². The van der Waals surface area contributed by atoms with Gasteiger partial charge in [0.1, 0.15) is 5.75 Å². The third kappa shape index (κ3) is 3.00. The highest BCUT2D eigenvalue weighted by Crippen LogP contribution is 2.33. The van der Waals surface area contributed by atoms with E-state index in [-0.39, 0.29) is 0 Å². The second-order valence-electron chi connectivity index (χ2n) is 6.57. The van der Waals surface area contributed by atoms with Crippen molar-refractivity contribution in [2.45, 2.75) is 26.1 Å². The zero-order valence-corrected chi connectivity index (χ0v) is 16.8. The predicted molar refractivity (Wildman–Crippen MR) is 107 cm³/mol. The molecule has 5 nitrogen and oxygen atoms in total. The number of hydrogen-bond donors (Lipinski definition) is 0. The highest BCUT2D eigenvalue weighted by Gasteiger charge is 2.25. The molecule has 1 aliphatic rings. The molecule has 0 aliphatic carbocycles. The molecule has 0 bridgehead atoms. The maximum Gasteiger partial charge on any atom is 0.199 e. The van der Waals surface area contributed by atoms with E-state index in [0.717, 1.165) is 34.9 Å². The molecule has 1 aliphatic heterocycles. The van der Waals surface area contributed by atoms with Crippen LogP contribution in [0.4, 0.5) is 0 Å². The van der Waals surface area contributed by atoms with E-state index in [1.54, 1.807) is 7.11 Å². The van der Waals surface area contributed by atoms with Crippen molar-refractivity contribution in [3.8, 4) is 17.1 Å². The van der Waals surface area contributed by atoms with E-state index in [1.807, 2.05) is 51.9 Å². The maximum atomic E-state index is 5.65.